The zero-order valence-electron chi connectivity index (χ0n) is 28.3. The average Bonchev–Trinajstić information content (AvgIpc) is 3.85. The number of hydrogen-bond acceptors (Lipinski definition) is 8. The number of ketones is 1. The van der Waals surface area contributed by atoms with Gasteiger partial charge < -0.3 is 31.5 Å². The highest BCUT2D eigenvalue weighted by Gasteiger charge is 2.54. The number of hydrogen-bond donors (Lipinski definition) is 6. The van der Waals surface area contributed by atoms with Crippen molar-refractivity contribution in [2.24, 2.45) is 21.9 Å². The molecule has 2 aliphatic carbocycles. The Labute approximate surface area is 284 Å². The smallest absolute Gasteiger partial charge is 0.227 e. The Morgan fingerprint density at radius 3 is 2.65 bits per heavy atom. The number of ether oxygens (including phenoxy) is 1. The maximum absolute atomic E-state index is 12.5. The van der Waals surface area contributed by atoms with Crippen LogP contribution in [0.5, 0.6) is 11.5 Å². The van der Waals surface area contributed by atoms with Crippen LogP contribution in [-0.4, -0.2) is 52.3 Å². The molecule has 4 aliphatic rings. The number of phenols is 1. The van der Waals surface area contributed by atoms with Gasteiger partial charge in [-0.05, 0) is 91.2 Å². The van der Waals surface area contributed by atoms with Crippen LogP contribution in [0, 0.1) is 5.41 Å². The number of carbonyl (C=O) groups is 1. The predicted molar refractivity (Wildman–Crippen MR) is 187 cm³/mol. The van der Waals surface area contributed by atoms with Gasteiger partial charge in [-0.1, -0.05) is 56.5 Å². The standard InChI is InChI=1S/C39H52N4O5/c1-2-6-29(44)19-31(46)20-30(45)11-9-26-10-12-35(47)36(17-26)48-25-43-22-32-33(21-42-34(32)23-43)39(16-15-38(24-39)13-3-4-14-38)28-8-5-7-27(18-28)37(40)41/h5,7-8,10,12,17-18,21-22,29,31,37,44,46-47H,2-4,6,9,11,13-16,19-20,23-25,40-41H2,1H3/p+1. The van der Waals surface area contributed by atoms with Gasteiger partial charge in [0.2, 0.25) is 6.73 Å². The average molecular weight is 658 g/mol. The summed E-state index contributed by atoms with van der Waals surface area (Å²) in [5.41, 5.74) is 19.2. The van der Waals surface area contributed by atoms with E-state index in [1.165, 1.54) is 48.8 Å². The van der Waals surface area contributed by atoms with E-state index in [0.717, 1.165) is 41.0 Å². The molecule has 2 aliphatic heterocycles. The Bertz CT molecular complexity index is 1580. The van der Waals surface area contributed by atoms with E-state index < -0.39 is 18.4 Å². The number of aromatic hydroxyl groups is 1. The van der Waals surface area contributed by atoms with Crippen LogP contribution >= 0.6 is 0 Å². The number of aliphatic hydroxyl groups excluding tert-OH is 2. The van der Waals surface area contributed by atoms with Gasteiger partial charge in [-0.2, -0.15) is 0 Å². The Morgan fingerprint density at radius 1 is 1.06 bits per heavy atom. The highest BCUT2D eigenvalue weighted by molar-refractivity contribution is 6.08. The number of fused-ring (bicyclic) bond motifs is 1. The van der Waals surface area contributed by atoms with Gasteiger partial charge in [-0.25, -0.2) is 0 Å². The van der Waals surface area contributed by atoms with E-state index in [9.17, 15) is 20.1 Å². The van der Waals surface area contributed by atoms with Gasteiger partial charge in [0.15, 0.2) is 11.5 Å². The van der Waals surface area contributed by atoms with Crippen LogP contribution in [0.4, 0.5) is 0 Å². The van der Waals surface area contributed by atoms with E-state index in [0.29, 0.717) is 37.3 Å². The summed E-state index contributed by atoms with van der Waals surface area (Å²) >= 11 is 0. The molecule has 48 heavy (non-hydrogen) atoms. The minimum absolute atomic E-state index is 0.0315. The number of rotatable bonds is 15. The zero-order valence-corrected chi connectivity index (χ0v) is 28.3. The fraction of sp³-hybridized carbons (Fsp3) is 0.538. The van der Waals surface area contributed by atoms with Crippen LogP contribution in [0.3, 0.4) is 0 Å². The number of aliphatic imine (C=N–C) groups is 1. The summed E-state index contributed by atoms with van der Waals surface area (Å²) in [6.07, 6.45) is 13.4. The summed E-state index contributed by atoms with van der Waals surface area (Å²) in [6.45, 7) is 3.01. The molecule has 2 aromatic carbocycles. The summed E-state index contributed by atoms with van der Waals surface area (Å²) in [5.74, 6) is 0.385. The lowest BCUT2D eigenvalue weighted by molar-refractivity contribution is -0.851. The molecule has 1 spiro atoms. The Hall–Kier alpha value is -3.34. The van der Waals surface area contributed by atoms with Gasteiger partial charge in [-0.3, -0.25) is 14.7 Å². The van der Waals surface area contributed by atoms with E-state index in [1.54, 1.807) is 18.2 Å². The molecular weight excluding hydrogens is 604 g/mol. The van der Waals surface area contributed by atoms with Crippen LogP contribution < -0.4 is 21.1 Å². The van der Waals surface area contributed by atoms with Crippen LogP contribution in [-0.2, 0) is 16.6 Å². The van der Waals surface area contributed by atoms with Gasteiger partial charge in [-0.15, -0.1) is 0 Å². The highest BCUT2D eigenvalue weighted by Crippen LogP contribution is 2.62. The van der Waals surface area contributed by atoms with Crippen molar-refractivity contribution in [3.8, 4) is 11.5 Å². The van der Waals surface area contributed by atoms with Gasteiger partial charge in [0.25, 0.3) is 0 Å². The normalized spacial score (nSPS) is 24.0. The monoisotopic (exact) mass is 657 g/mol. The predicted octanol–water partition coefficient (Wildman–Crippen LogP) is 4.25. The third kappa shape index (κ3) is 7.45. The van der Waals surface area contributed by atoms with Crippen LogP contribution in [0.15, 0.2) is 71.0 Å². The second-order valence-corrected chi connectivity index (χ2v) is 14.8. The molecule has 6 rings (SSSR count). The first-order valence-corrected chi connectivity index (χ1v) is 17.9. The molecule has 8 N–H and O–H groups in total. The first kappa shape index (κ1) is 34.5. The molecule has 4 atom stereocenters. The molecule has 9 heteroatoms. The second-order valence-electron chi connectivity index (χ2n) is 14.8. The SMILES string of the molecule is CCCC(O)CC(O)CC(=O)CCc1ccc(O)c(OC[NH+]2C=C3C(C4(c5cccc(C(N)N)c5)CCC5(CCCC5)C4)=CN=C3C2)c1. The maximum atomic E-state index is 12.5. The summed E-state index contributed by atoms with van der Waals surface area (Å²) in [7, 11) is 0. The number of nitrogens with two attached hydrogens (primary N) is 2. The molecule has 4 unspecified atom stereocenters. The van der Waals surface area contributed by atoms with Crippen molar-refractivity contribution >= 4 is 11.5 Å². The molecule has 0 bridgehead atoms. The molecule has 0 saturated heterocycles. The van der Waals surface area contributed by atoms with Gasteiger partial charge in [0.1, 0.15) is 24.2 Å². The fourth-order valence-electron chi connectivity index (χ4n) is 8.70. The Balaban J connectivity index is 1.11. The topological polar surface area (TPSA) is 156 Å². The fourth-order valence-corrected chi connectivity index (χ4v) is 8.70. The van der Waals surface area contributed by atoms with Crippen molar-refractivity contribution in [3.05, 3.63) is 82.7 Å². The number of allylic oxidation sites excluding steroid dienone is 1. The van der Waals surface area contributed by atoms with E-state index in [4.69, 9.17) is 21.2 Å². The third-order valence-electron chi connectivity index (χ3n) is 11.2. The van der Waals surface area contributed by atoms with Crippen LogP contribution in [0.25, 0.3) is 0 Å². The number of aliphatic hydroxyl groups is 2. The molecular formula is C39H53N4O5+. The number of aryl methyl sites for hydroxylation is 1. The number of nitrogens with one attached hydrogen (secondary N) is 1. The first-order valence-electron chi connectivity index (χ1n) is 17.9. The summed E-state index contributed by atoms with van der Waals surface area (Å²) in [5, 5.41) is 30.7. The lowest BCUT2D eigenvalue weighted by atomic mass is 9.68. The van der Waals surface area contributed by atoms with Gasteiger partial charge in [0, 0.05) is 24.5 Å². The van der Waals surface area contributed by atoms with Crippen molar-refractivity contribution in [1.29, 1.82) is 0 Å². The minimum Gasteiger partial charge on any atom is -0.504 e. The highest BCUT2D eigenvalue weighted by atomic mass is 16.5. The number of nitrogens with zero attached hydrogens (tertiary/aromatic N) is 1. The quantitative estimate of drug-likeness (QED) is 0.157. The second kappa shape index (κ2) is 14.6. The lowest BCUT2D eigenvalue weighted by Gasteiger charge is -2.35. The third-order valence-corrected chi connectivity index (χ3v) is 11.2. The number of Topliss-reactive ketones (excluding diaryl/α,β-unsaturated/α-hetero) is 1. The largest absolute Gasteiger partial charge is 0.504 e. The maximum Gasteiger partial charge on any atom is 0.227 e. The molecule has 0 aromatic heterocycles. The van der Waals surface area contributed by atoms with Gasteiger partial charge in [0.05, 0.1) is 23.9 Å². The van der Waals surface area contributed by atoms with E-state index in [1.807, 2.05) is 13.0 Å². The van der Waals surface area contributed by atoms with E-state index >= 15 is 0 Å². The van der Waals surface area contributed by atoms with Crippen molar-refractivity contribution in [3.63, 3.8) is 0 Å². The van der Waals surface area contributed by atoms with E-state index in [-0.39, 0.29) is 36.2 Å². The molecule has 2 aromatic rings. The molecule has 258 valence electrons. The van der Waals surface area contributed by atoms with Crippen molar-refractivity contribution < 1.29 is 29.8 Å². The summed E-state index contributed by atoms with van der Waals surface area (Å²) in [4.78, 5) is 18.6. The molecule has 9 nitrogen and oxygen atoms in total. The van der Waals surface area contributed by atoms with Crippen molar-refractivity contribution in [1.82, 2.24) is 0 Å². The number of quaternary nitrogens is 1. The molecule has 2 fully saturated rings. The van der Waals surface area contributed by atoms with Crippen molar-refractivity contribution in [2.75, 3.05) is 13.3 Å². The zero-order chi connectivity index (χ0) is 33.9. The Morgan fingerprint density at radius 2 is 1.88 bits per heavy atom. The number of phenolic OH excluding ortho intramolecular Hbond substituents is 1. The lowest BCUT2D eigenvalue weighted by Crippen LogP contribution is -3.07. The molecule has 2 saturated carbocycles. The molecule has 2 heterocycles. The van der Waals surface area contributed by atoms with Gasteiger partial charge >= 0.3 is 0 Å². The Kier molecular flexibility index (Phi) is 10.5. The van der Waals surface area contributed by atoms with Crippen LogP contribution in [0.1, 0.15) is 107 Å². The summed E-state index contributed by atoms with van der Waals surface area (Å²) in [6, 6.07) is 13.7. The first-order chi connectivity index (χ1) is 23.1. The minimum atomic E-state index is -0.837. The van der Waals surface area contributed by atoms with Crippen molar-refractivity contribution in [2.45, 2.75) is 114 Å². The number of benzene rings is 2. The van der Waals surface area contributed by atoms with Crippen LogP contribution in [0.2, 0.25) is 0 Å². The summed E-state index contributed by atoms with van der Waals surface area (Å²) < 4.78 is 6.17. The number of carbonyl (C=O) groups excluding carboxylic acids is 1. The molecule has 0 radical (unpaired) electrons. The molecule has 0 amide bonds. The van der Waals surface area contributed by atoms with E-state index in [2.05, 4.69) is 30.6 Å².